The summed E-state index contributed by atoms with van der Waals surface area (Å²) < 4.78 is 22.4. The second-order valence-corrected chi connectivity index (χ2v) is 17.8. The first kappa shape index (κ1) is 47.7. The first-order valence-electron chi connectivity index (χ1n) is 19.6. The van der Waals surface area contributed by atoms with Crippen LogP contribution < -0.4 is 21.3 Å². The maximum Gasteiger partial charge on any atom is 0.237 e. The second kappa shape index (κ2) is 27.2. The van der Waals surface area contributed by atoms with Gasteiger partial charge in [0.05, 0.1) is 45.1 Å². The largest absolute Gasteiger partial charge is 0.380 e. The molecule has 2 atom stereocenters. The Hall–Kier alpha value is -2.49. The summed E-state index contributed by atoms with van der Waals surface area (Å²) in [5.41, 5.74) is 1.28. The van der Waals surface area contributed by atoms with Crippen LogP contribution in [0.1, 0.15) is 85.1 Å². The van der Waals surface area contributed by atoms with Gasteiger partial charge in [0, 0.05) is 56.7 Å². The van der Waals surface area contributed by atoms with E-state index in [1.54, 1.807) is 17.0 Å². The minimum absolute atomic E-state index is 0.0839. The lowest BCUT2D eigenvalue weighted by molar-refractivity contribution is -0.131. The number of nitrogens with zero attached hydrogens (tertiary/aromatic N) is 1. The Morgan fingerprint density at radius 1 is 0.778 bits per heavy atom. The summed E-state index contributed by atoms with van der Waals surface area (Å²) in [7, 11) is 0. The molecule has 0 spiro atoms. The summed E-state index contributed by atoms with van der Waals surface area (Å²) in [4.78, 5) is 65.2. The van der Waals surface area contributed by atoms with E-state index in [4.69, 9.17) is 30.5 Å². The lowest BCUT2D eigenvalue weighted by Gasteiger charge is -2.31. The van der Waals surface area contributed by atoms with Crippen molar-refractivity contribution in [2.75, 3.05) is 77.7 Å². The summed E-state index contributed by atoms with van der Waals surface area (Å²) in [6, 6.07) is 6.37. The van der Waals surface area contributed by atoms with Crippen molar-refractivity contribution in [3.63, 3.8) is 0 Å². The standard InChI is InChI=1S/C38H66N5O9PS/c1-6-20-49-23-17-39-35(44)27-43(28-36(45)40-18-24-50-21-7-2)34(38(47)41-19-25-51-22-8-3)26-30-9-13-32(14-10-30)42-37(46)31-11-15-33(16-12-31)52-53(48,54)29(4)5/h9-10,13-14,29,31,33-34H,6-8,11-12,15-28H2,1-5H3,(H,39,44)(H,40,45)(H,41,47)(H,42,46)(H,48,54). The van der Waals surface area contributed by atoms with E-state index < -0.39 is 12.5 Å². The molecule has 1 aliphatic carbocycles. The minimum atomic E-state index is -2.85. The Labute approximate surface area is 327 Å². The summed E-state index contributed by atoms with van der Waals surface area (Å²) in [5.74, 6) is -1.27. The molecule has 1 aromatic rings. The molecule has 5 N–H and O–H groups in total. The van der Waals surface area contributed by atoms with Crippen LogP contribution >= 0.6 is 6.49 Å². The maximum atomic E-state index is 13.8. The monoisotopic (exact) mass is 799 g/mol. The SMILES string of the molecule is CCCOCCNC(=O)CN(CC(=O)NCCOCCC)C(Cc1ccc(NC(=O)C2CCC(OP(O)(=S)C(C)C)CC2)cc1)C(=O)NCCOCCC. The molecule has 1 aromatic carbocycles. The molecule has 54 heavy (non-hydrogen) atoms. The summed E-state index contributed by atoms with van der Waals surface area (Å²) in [5, 5.41) is 11.6. The van der Waals surface area contributed by atoms with Gasteiger partial charge in [-0.15, -0.1) is 0 Å². The normalized spacial score (nSPS) is 17.5. The topological polar surface area (TPSA) is 177 Å². The molecule has 2 rings (SSSR count). The summed E-state index contributed by atoms with van der Waals surface area (Å²) in [6.07, 6.45) is 5.23. The highest BCUT2D eigenvalue weighted by Gasteiger charge is 2.32. The van der Waals surface area contributed by atoms with Gasteiger partial charge in [0.25, 0.3) is 0 Å². The van der Waals surface area contributed by atoms with E-state index in [0.717, 1.165) is 24.8 Å². The van der Waals surface area contributed by atoms with Crippen molar-refractivity contribution in [3.8, 4) is 0 Å². The van der Waals surface area contributed by atoms with Gasteiger partial charge < -0.3 is 44.9 Å². The highest BCUT2D eigenvalue weighted by molar-refractivity contribution is 8.09. The highest BCUT2D eigenvalue weighted by Crippen LogP contribution is 2.50. The Morgan fingerprint density at radius 2 is 1.26 bits per heavy atom. The second-order valence-electron chi connectivity index (χ2n) is 13.9. The Balaban J connectivity index is 2.16. The van der Waals surface area contributed by atoms with Crippen LogP contribution in [0.5, 0.6) is 0 Å². The molecule has 0 bridgehead atoms. The Morgan fingerprint density at radius 3 is 1.72 bits per heavy atom. The Bertz CT molecular complexity index is 1270. The highest BCUT2D eigenvalue weighted by atomic mass is 32.5. The third-order valence-corrected chi connectivity index (χ3v) is 12.2. The first-order chi connectivity index (χ1) is 25.9. The molecular weight excluding hydrogens is 733 g/mol. The van der Waals surface area contributed by atoms with Crippen LogP contribution in [0.4, 0.5) is 5.69 Å². The van der Waals surface area contributed by atoms with Crippen molar-refractivity contribution in [1.29, 1.82) is 0 Å². The fourth-order valence-electron chi connectivity index (χ4n) is 5.73. The molecule has 16 heteroatoms. The van der Waals surface area contributed by atoms with Gasteiger partial charge >= 0.3 is 0 Å². The molecule has 1 saturated carbocycles. The summed E-state index contributed by atoms with van der Waals surface area (Å²) in [6.45, 7) is 10.2. The number of amides is 4. The number of hydrogen-bond acceptors (Lipinski definition) is 10. The predicted octanol–water partition coefficient (Wildman–Crippen LogP) is 3.75. The average molecular weight is 800 g/mol. The van der Waals surface area contributed by atoms with Gasteiger partial charge in [0.15, 0.2) is 6.49 Å². The predicted molar refractivity (Wildman–Crippen MR) is 215 cm³/mol. The summed E-state index contributed by atoms with van der Waals surface area (Å²) >= 11 is 5.29. The third kappa shape index (κ3) is 19.4. The molecule has 0 heterocycles. The number of ether oxygens (including phenoxy) is 3. The third-order valence-electron chi connectivity index (χ3n) is 8.81. The molecule has 2 unspecified atom stereocenters. The number of anilines is 1. The van der Waals surface area contributed by atoms with Gasteiger partial charge in [-0.3, -0.25) is 24.1 Å². The quantitative estimate of drug-likeness (QED) is 0.0617. The first-order valence-corrected chi connectivity index (χ1v) is 22.3. The molecule has 1 fully saturated rings. The van der Waals surface area contributed by atoms with Crippen LogP contribution in [0.25, 0.3) is 0 Å². The lowest BCUT2D eigenvalue weighted by Crippen LogP contribution is -2.54. The van der Waals surface area contributed by atoms with Crippen LogP contribution in [0.3, 0.4) is 0 Å². The van der Waals surface area contributed by atoms with E-state index in [-0.39, 0.29) is 67.4 Å². The number of carbonyl (C=O) groups excluding carboxylic acids is 4. The van der Waals surface area contributed by atoms with Crippen LogP contribution in [0, 0.1) is 5.92 Å². The smallest absolute Gasteiger partial charge is 0.237 e. The van der Waals surface area contributed by atoms with Crippen molar-refractivity contribution in [1.82, 2.24) is 20.9 Å². The van der Waals surface area contributed by atoms with Gasteiger partial charge in [-0.2, -0.15) is 0 Å². The Kier molecular flexibility index (Phi) is 24.0. The number of carbonyl (C=O) groups is 4. The fourth-order valence-corrected chi connectivity index (χ4v) is 6.98. The molecule has 308 valence electrons. The van der Waals surface area contributed by atoms with E-state index in [1.165, 1.54) is 0 Å². The van der Waals surface area contributed by atoms with Crippen molar-refractivity contribution in [2.45, 2.75) is 104 Å². The van der Waals surface area contributed by atoms with Gasteiger partial charge in [0.2, 0.25) is 23.6 Å². The van der Waals surface area contributed by atoms with E-state index in [9.17, 15) is 24.1 Å². The van der Waals surface area contributed by atoms with Crippen molar-refractivity contribution in [2.24, 2.45) is 5.92 Å². The van der Waals surface area contributed by atoms with Crippen molar-refractivity contribution >= 4 is 47.6 Å². The van der Waals surface area contributed by atoms with Crippen molar-refractivity contribution < 1.29 is 42.8 Å². The van der Waals surface area contributed by atoms with E-state index in [2.05, 4.69) is 21.3 Å². The average Bonchev–Trinajstić information content (AvgIpc) is 3.14. The number of nitrogens with one attached hydrogen (secondary N) is 4. The molecule has 0 radical (unpaired) electrons. The van der Waals surface area contributed by atoms with Gasteiger partial charge in [0.1, 0.15) is 0 Å². The molecule has 0 aliphatic heterocycles. The van der Waals surface area contributed by atoms with E-state index in [1.807, 2.05) is 46.8 Å². The zero-order valence-electron chi connectivity index (χ0n) is 33.1. The zero-order valence-corrected chi connectivity index (χ0v) is 34.8. The zero-order chi connectivity index (χ0) is 39.8. The minimum Gasteiger partial charge on any atom is -0.380 e. The molecule has 4 amide bonds. The van der Waals surface area contributed by atoms with Crippen LogP contribution in [-0.4, -0.2) is 124 Å². The van der Waals surface area contributed by atoms with Gasteiger partial charge in [-0.25, -0.2) is 0 Å². The fraction of sp³-hybridized carbons (Fsp3) is 0.737. The molecular formula is C38H66N5O9PS. The maximum absolute atomic E-state index is 13.8. The molecule has 14 nitrogen and oxygen atoms in total. The lowest BCUT2D eigenvalue weighted by atomic mass is 9.87. The number of hydrogen-bond donors (Lipinski definition) is 5. The number of benzene rings is 1. The molecule has 1 aliphatic rings. The van der Waals surface area contributed by atoms with Gasteiger partial charge in [-0.05, 0) is 80.9 Å². The van der Waals surface area contributed by atoms with Crippen LogP contribution in [-0.2, 0) is 56.1 Å². The van der Waals surface area contributed by atoms with Crippen LogP contribution in [0.2, 0.25) is 0 Å². The number of rotatable bonds is 28. The van der Waals surface area contributed by atoms with E-state index in [0.29, 0.717) is 84.1 Å². The van der Waals surface area contributed by atoms with Crippen molar-refractivity contribution in [3.05, 3.63) is 29.8 Å². The molecule has 0 saturated heterocycles. The van der Waals surface area contributed by atoms with Gasteiger partial charge in [-0.1, -0.05) is 46.8 Å². The molecule has 0 aromatic heterocycles. The van der Waals surface area contributed by atoms with E-state index >= 15 is 0 Å². The van der Waals surface area contributed by atoms with Crippen LogP contribution in [0.15, 0.2) is 24.3 Å².